The molecule has 0 fully saturated rings. The van der Waals surface area contributed by atoms with Crippen molar-refractivity contribution in [3.05, 3.63) is 58.6 Å². The summed E-state index contributed by atoms with van der Waals surface area (Å²) in [6, 6.07) is 13.3. The highest BCUT2D eigenvalue weighted by molar-refractivity contribution is 9.10. The van der Waals surface area contributed by atoms with Crippen LogP contribution in [0.1, 0.15) is 12.5 Å². The fraction of sp³-hybridized carbons (Fsp3) is 0.250. The first-order valence-electron chi connectivity index (χ1n) is 6.80. The van der Waals surface area contributed by atoms with Gasteiger partial charge >= 0.3 is 0 Å². The van der Waals surface area contributed by atoms with Crippen LogP contribution in [0, 0.1) is 6.92 Å². The minimum absolute atomic E-state index is 0.154. The van der Waals surface area contributed by atoms with E-state index >= 15 is 0 Å². The number of anilines is 1. The van der Waals surface area contributed by atoms with Gasteiger partial charge in [0.25, 0.3) is 10.0 Å². The van der Waals surface area contributed by atoms with Crippen LogP contribution >= 0.6 is 15.9 Å². The fourth-order valence-corrected chi connectivity index (χ4v) is 3.82. The normalized spacial score (nSPS) is 12.9. The molecular formula is C16H17BrFNO2S. The van der Waals surface area contributed by atoms with Crippen LogP contribution in [0.25, 0.3) is 0 Å². The summed E-state index contributed by atoms with van der Waals surface area (Å²) in [5.41, 5.74) is 1.40. The highest BCUT2D eigenvalue weighted by Gasteiger charge is 2.26. The Morgan fingerprint density at radius 2 is 1.64 bits per heavy atom. The summed E-state index contributed by atoms with van der Waals surface area (Å²) >= 11 is 3.31. The van der Waals surface area contributed by atoms with Gasteiger partial charge in [-0.2, -0.15) is 0 Å². The van der Waals surface area contributed by atoms with Gasteiger partial charge in [0.15, 0.2) is 0 Å². The molecule has 0 aliphatic rings. The molecule has 22 heavy (non-hydrogen) atoms. The number of benzene rings is 2. The van der Waals surface area contributed by atoms with Gasteiger partial charge < -0.3 is 0 Å². The molecule has 0 amide bonds. The Morgan fingerprint density at radius 1 is 1.09 bits per heavy atom. The minimum Gasteiger partial charge on any atom is -0.263 e. The van der Waals surface area contributed by atoms with E-state index in [4.69, 9.17) is 0 Å². The largest absolute Gasteiger partial charge is 0.264 e. The molecule has 6 heteroatoms. The highest BCUT2D eigenvalue weighted by atomic mass is 79.9. The van der Waals surface area contributed by atoms with Gasteiger partial charge in [-0.05, 0) is 50.2 Å². The second-order valence-electron chi connectivity index (χ2n) is 5.11. The lowest BCUT2D eigenvalue weighted by Gasteiger charge is -2.25. The standard InChI is InChI=1S/C16H17BrFNO2S/c1-12-3-9-16(10-4-12)22(20,21)19(11-13(2)18)15-7-5-14(17)6-8-15/h3-10,13H,11H2,1-2H3. The molecule has 2 aromatic carbocycles. The van der Waals surface area contributed by atoms with Crippen LogP contribution in [-0.4, -0.2) is 21.1 Å². The summed E-state index contributed by atoms with van der Waals surface area (Å²) < 4.78 is 41.1. The Morgan fingerprint density at radius 3 is 2.14 bits per heavy atom. The number of alkyl halides is 1. The summed E-state index contributed by atoms with van der Waals surface area (Å²) in [6.07, 6.45) is -1.27. The molecule has 1 atom stereocenters. The maximum absolute atomic E-state index is 13.5. The van der Waals surface area contributed by atoms with E-state index in [2.05, 4.69) is 15.9 Å². The van der Waals surface area contributed by atoms with Crippen LogP contribution < -0.4 is 4.31 Å². The first-order chi connectivity index (χ1) is 10.3. The quantitative estimate of drug-likeness (QED) is 0.768. The second-order valence-corrected chi connectivity index (χ2v) is 7.88. The molecule has 0 heterocycles. The van der Waals surface area contributed by atoms with E-state index < -0.39 is 16.2 Å². The van der Waals surface area contributed by atoms with Gasteiger partial charge in [-0.15, -0.1) is 0 Å². The van der Waals surface area contributed by atoms with E-state index in [1.54, 1.807) is 48.5 Å². The van der Waals surface area contributed by atoms with Crippen LogP contribution in [0.4, 0.5) is 10.1 Å². The predicted molar refractivity (Wildman–Crippen MR) is 90.4 cm³/mol. The molecule has 2 rings (SSSR count). The van der Waals surface area contributed by atoms with Crippen molar-refractivity contribution >= 4 is 31.6 Å². The third-order valence-corrected chi connectivity index (χ3v) is 5.48. The maximum Gasteiger partial charge on any atom is 0.264 e. The third kappa shape index (κ3) is 3.87. The molecule has 0 aromatic heterocycles. The van der Waals surface area contributed by atoms with Gasteiger partial charge in [0.2, 0.25) is 0 Å². The minimum atomic E-state index is -3.80. The van der Waals surface area contributed by atoms with Gasteiger partial charge in [0.1, 0.15) is 6.17 Å². The van der Waals surface area contributed by atoms with Crippen molar-refractivity contribution in [3.8, 4) is 0 Å². The topological polar surface area (TPSA) is 37.4 Å². The van der Waals surface area contributed by atoms with E-state index in [9.17, 15) is 12.8 Å². The highest BCUT2D eigenvalue weighted by Crippen LogP contribution is 2.26. The van der Waals surface area contributed by atoms with Gasteiger partial charge in [0.05, 0.1) is 17.1 Å². The first kappa shape index (κ1) is 17.0. The van der Waals surface area contributed by atoms with Crippen molar-refractivity contribution in [1.29, 1.82) is 0 Å². The molecule has 0 saturated carbocycles. The average Bonchev–Trinajstić information content (AvgIpc) is 2.46. The molecule has 3 nitrogen and oxygen atoms in total. The van der Waals surface area contributed by atoms with Crippen LogP contribution in [0.5, 0.6) is 0 Å². The number of hydrogen-bond acceptors (Lipinski definition) is 2. The molecule has 0 aliphatic heterocycles. The van der Waals surface area contributed by atoms with Gasteiger partial charge in [-0.3, -0.25) is 4.31 Å². The molecule has 0 spiro atoms. The summed E-state index contributed by atoms with van der Waals surface area (Å²) in [5.74, 6) is 0. The molecule has 2 aromatic rings. The number of aryl methyl sites for hydroxylation is 1. The van der Waals surface area contributed by atoms with Crippen molar-refractivity contribution in [1.82, 2.24) is 0 Å². The van der Waals surface area contributed by atoms with Gasteiger partial charge in [-0.1, -0.05) is 33.6 Å². The summed E-state index contributed by atoms with van der Waals surface area (Å²) in [7, 11) is -3.80. The van der Waals surface area contributed by atoms with Crippen molar-refractivity contribution in [2.24, 2.45) is 0 Å². The molecule has 0 bridgehead atoms. The predicted octanol–water partition coefficient (Wildman–Crippen LogP) is 4.31. The lowest BCUT2D eigenvalue weighted by Crippen LogP contribution is -2.35. The SMILES string of the molecule is Cc1ccc(S(=O)(=O)N(CC(C)F)c2ccc(Br)cc2)cc1. The second kappa shape index (κ2) is 6.79. The Labute approximate surface area is 139 Å². The maximum atomic E-state index is 13.5. The van der Waals surface area contributed by atoms with Crippen LogP contribution in [0.3, 0.4) is 0 Å². The Kier molecular flexibility index (Phi) is 5.24. The number of hydrogen-bond donors (Lipinski definition) is 0. The van der Waals surface area contributed by atoms with Crippen LogP contribution in [-0.2, 0) is 10.0 Å². The van der Waals surface area contributed by atoms with Crippen molar-refractivity contribution in [3.63, 3.8) is 0 Å². The molecule has 0 saturated heterocycles. The van der Waals surface area contributed by atoms with Crippen molar-refractivity contribution in [2.75, 3.05) is 10.8 Å². The van der Waals surface area contributed by atoms with Crippen LogP contribution in [0.2, 0.25) is 0 Å². The summed E-state index contributed by atoms with van der Waals surface area (Å²) in [6.45, 7) is 3.00. The van der Waals surface area contributed by atoms with Crippen molar-refractivity contribution in [2.45, 2.75) is 24.9 Å². The zero-order chi connectivity index (χ0) is 16.3. The first-order valence-corrected chi connectivity index (χ1v) is 9.03. The molecular weight excluding hydrogens is 369 g/mol. The number of halogens is 2. The van der Waals surface area contributed by atoms with Crippen LogP contribution in [0.15, 0.2) is 57.9 Å². The molecule has 118 valence electrons. The van der Waals surface area contributed by atoms with E-state index in [1.165, 1.54) is 6.92 Å². The zero-order valence-corrected chi connectivity index (χ0v) is 14.7. The van der Waals surface area contributed by atoms with Crippen molar-refractivity contribution < 1.29 is 12.8 Å². The van der Waals surface area contributed by atoms with E-state index in [-0.39, 0.29) is 11.4 Å². The average molecular weight is 386 g/mol. The summed E-state index contributed by atoms with van der Waals surface area (Å²) in [4.78, 5) is 0.154. The lowest BCUT2D eigenvalue weighted by molar-refractivity contribution is 0.370. The fourth-order valence-electron chi connectivity index (χ4n) is 2.02. The molecule has 1 unspecified atom stereocenters. The molecule has 0 N–H and O–H groups in total. The third-order valence-electron chi connectivity index (χ3n) is 3.14. The molecule has 0 radical (unpaired) electrons. The number of sulfonamides is 1. The van der Waals surface area contributed by atoms with E-state index in [0.717, 1.165) is 14.3 Å². The number of rotatable bonds is 5. The molecule has 0 aliphatic carbocycles. The monoisotopic (exact) mass is 385 g/mol. The van der Waals surface area contributed by atoms with E-state index in [1.807, 2.05) is 6.92 Å². The van der Waals surface area contributed by atoms with Gasteiger partial charge in [0, 0.05) is 4.47 Å². The Balaban J connectivity index is 2.48. The van der Waals surface area contributed by atoms with E-state index in [0.29, 0.717) is 5.69 Å². The Hall–Kier alpha value is -1.40. The zero-order valence-electron chi connectivity index (χ0n) is 12.3. The van der Waals surface area contributed by atoms with Gasteiger partial charge in [-0.25, -0.2) is 12.8 Å². The Bertz CT molecular complexity index is 728. The number of nitrogens with zero attached hydrogens (tertiary/aromatic N) is 1. The lowest BCUT2D eigenvalue weighted by atomic mass is 10.2. The smallest absolute Gasteiger partial charge is 0.263 e. The summed E-state index contributed by atoms with van der Waals surface area (Å²) in [5, 5.41) is 0.